The van der Waals surface area contributed by atoms with Crippen LogP contribution in [-0.2, 0) is 4.79 Å². The van der Waals surface area contributed by atoms with Gasteiger partial charge in [0.05, 0.1) is 5.69 Å². The number of carbonyl (C=O) groups excluding carboxylic acids is 2. The van der Waals surface area contributed by atoms with Gasteiger partial charge in [-0.05, 0) is 32.4 Å². The Balaban J connectivity index is 2.02. The van der Waals surface area contributed by atoms with E-state index in [0.29, 0.717) is 22.5 Å². The Labute approximate surface area is 144 Å². The third-order valence-corrected chi connectivity index (χ3v) is 3.99. The summed E-state index contributed by atoms with van der Waals surface area (Å²) < 4.78 is 1.62. The summed E-state index contributed by atoms with van der Waals surface area (Å²) in [5.74, 6) is -1.06. The lowest BCUT2D eigenvalue weighted by Gasteiger charge is -2.15. The van der Waals surface area contributed by atoms with E-state index in [9.17, 15) is 9.59 Å². The first-order chi connectivity index (χ1) is 11.9. The van der Waals surface area contributed by atoms with Crippen LogP contribution in [0.4, 0.5) is 0 Å². The molecule has 0 radical (unpaired) electrons. The van der Waals surface area contributed by atoms with Crippen molar-refractivity contribution < 1.29 is 9.59 Å². The quantitative estimate of drug-likeness (QED) is 0.755. The summed E-state index contributed by atoms with van der Waals surface area (Å²) in [4.78, 5) is 29.1. The molecule has 2 heterocycles. The lowest BCUT2D eigenvalue weighted by atomic mass is 10.1. The number of benzene rings is 1. The van der Waals surface area contributed by atoms with Gasteiger partial charge in [-0.3, -0.25) is 9.59 Å². The Kier molecular flexibility index (Phi) is 4.22. The van der Waals surface area contributed by atoms with Gasteiger partial charge in [0.15, 0.2) is 5.65 Å². The lowest BCUT2D eigenvalue weighted by molar-refractivity contribution is -0.120. The van der Waals surface area contributed by atoms with Crippen molar-refractivity contribution in [2.75, 3.05) is 0 Å². The highest BCUT2D eigenvalue weighted by Gasteiger charge is 2.25. The minimum atomic E-state index is -0.922. The van der Waals surface area contributed by atoms with Gasteiger partial charge in [0, 0.05) is 11.4 Å². The molecule has 7 heteroatoms. The molecule has 1 atom stereocenters. The number of rotatable bonds is 4. The molecule has 3 N–H and O–H groups in total. The highest BCUT2D eigenvalue weighted by molar-refractivity contribution is 6.03. The molecule has 0 aliphatic carbocycles. The van der Waals surface area contributed by atoms with Crippen LogP contribution in [0.15, 0.2) is 36.4 Å². The number of nitrogens with two attached hydrogens (primary N) is 1. The van der Waals surface area contributed by atoms with Gasteiger partial charge in [-0.15, -0.1) is 0 Å². The molecule has 1 aromatic carbocycles. The fourth-order valence-electron chi connectivity index (χ4n) is 2.86. The zero-order valence-corrected chi connectivity index (χ0v) is 14.3. The number of aryl methyl sites for hydroxylation is 3. The van der Waals surface area contributed by atoms with Crippen LogP contribution in [0, 0.1) is 20.8 Å². The first-order valence-corrected chi connectivity index (χ1v) is 7.87. The van der Waals surface area contributed by atoms with E-state index in [2.05, 4.69) is 15.4 Å². The van der Waals surface area contributed by atoms with E-state index in [-0.39, 0.29) is 0 Å². The second-order valence-corrected chi connectivity index (χ2v) is 5.95. The zero-order valence-electron chi connectivity index (χ0n) is 14.3. The van der Waals surface area contributed by atoms with Gasteiger partial charge in [-0.25, -0.2) is 9.50 Å². The molecule has 3 rings (SSSR count). The van der Waals surface area contributed by atoms with Gasteiger partial charge in [-0.2, -0.15) is 5.10 Å². The van der Waals surface area contributed by atoms with Crippen molar-refractivity contribution in [3.63, 3.8) is 0 Å². The van der Waals surface area contributed by atoms with Crippen LogP contribution in [0.2, 0.25) is 0 Å². The number of hydrogen-bond acceptors (Lipinski definition) is 4. The second-order valence-electron chi connectivity index (χ2n) is 5.95. The van der Waals surface area contributed by atoms with Gasteiger partial charge >= 0.3 is 0 Å². The van der Waals surface area contributed by atoms with E-state index in [4.69, 9.17) is 5.73 Å². The van der Waals surface area contributed by atoms with Crippen LogP contribution in [0.3, 0.4) is 0 Å². The number of primary amides is 1. The van der Waals surface area contributed by atoms with Crippen LogP contribution in [0.5, 0.6) is 0 Å². The first-order valence-electron chi connectivity index (χ1n) is 7.87. The Bertz CT molecular complexity index is 963. The summed E-state index contributed by atoms with van der Waals surface area (Å²) in [6.45, 7) is 5.49. The molecular formula is C18H19N5O2. The molecule has 7 nitrogen and oxygen atoms in total. The van der Waals surface area contributed by atoms with Crippen molar-refractivity contribution in [3.05, 3.63) is 64.6 Å². The maximum Gasteiger partial charge on any atom is 0.257 e. The summed E-state index contributed by atoms with van der Waals surface area (Å²) in [5.41, 5.74) is 9.10. The monoisotopic (exact) mass is 337 g/mol. The normalized spacial score (nSPS) is 12.1. The van der Waals surface area contributed by atoms with E-state index >= 15 is 0 Å². The molecular weight excluding hydrogens is 318 g/mol. The van der Waals surface area contributed by atoms with Gasteiger partial charge in [0.25, 0.3) is 5.91 Å². The molecule has 3 aromatic rings. The summed E-state index contributed by atoms with van der Waals surface area (Å²) in [7, 11) is 0. The van der Waals surface area contributed by atoms with Crippen molar-refractivity contribution in [1.29, 1.82) is 0 Å². The molecule has 0 fully saturated rings. The number of fused-ring (bicyclic) bond motifs is 1. The van der Waals surface area contributed by atoms with Crippen molar-refractivity contribution in [1.82, 2.24) is 19.9 Å². The molecule has 2 aromatic heterocycles. The fourth-order valence-corrected chi connectivity index (χ4v) is 2.86. The highest BCUT2D eigenvalue weighted by Crippen LogP contribution is 2.18. The third-order valence-electron chi connectivity index (χ3n) is 3.99. The largest absolute Gasteiger partial charge is 0.368 e. The van der Waals surface area contributed by atoms with Gasteiger partial charge in [0.2, 0.25) is 5.91 Å². The van der Waals surface area contributed by atoms with Crippen molar-refractivity contribution >= 4 is 17.5 Å². The van der Waals surface area contributed by atoms with Crippen LogP contribution in [0.25, 0.3) is 5.65 Å². The van der Waals surface area contributed by atoms with Crippen molar-refractivity contribution in [2.24, 2.45) is 5.73 Å². The molecule has 0 spiro atoms. The Morgan fingerprint density at radius 2 is 1.84 bits per heavy atom. The first kappa shape index (κ1) is 16.6. The Hall–Kier alpha value is -3.22. The van der Waals surface area contributed by atoms with E-state index < -0.39 is 17.9 Å². The van der Waals surface area contributed by atoms with Gasteiger partial charge < -0.3 is 11.1 Å². The second kappa shape index (κ2) is 6.35. The third kappa shape index (κ3) is 3.08. The Morgan fingerprint density at radius 3 is 2.48 bits per heavy atom. The lowest BCUT2D eigenvalue weighted by Crippen LogP contribution is -2.37. The summed E-state index contributed by atoms with van der Waals surface area (Å²) in [6.07, 6.45) is 0. The minimum absolute atomic E-state index is 0.342. The SMILES string of the molecule is Cc1cc(C)n2nc(C)c(C(=O)N[C@H](C(N)=O)c3ccccc3)c2n1. The predicted molar refractivity (Wildman–Crippen MR) is 93.0 cm³/mol. The molecule has 25 heavy (non-hydrogen) atoms. The molecule has 0 saturated heterocycles. The van der Waals surface area contributed by atoms with Crippen LogP contribution < -0.4 is 11.1 Å². The number of hydrogen-bond donors (Lipinski definition) is 2. The number of nitrogens with zero attached hydrogens (tertiary/aromatic N) is 3. The van der Waals surface area contributed by atoms with E-state index in [1.807, 2.05) is 26.0 Å². The predicted octanol–water partition coefficient (Wildman–Crippen LogP) is 1.61. The van der Waals surface area contributed by atoms with Gasteiger partial charge in [0.1, 0.15) is 11.6 Å². The standard InChI is InChI=1S/C18H19N5O2/c1-10-9-11(2)23-17(20-10)14(12(3)22-23)18(25)21-15(16(19)24)13-7-5-4-6-8-13/h4-9,15H,1-3H3,(H2,19,24)(H,21,25)/t15-/m0/s1. The number of carbonyl (C=O) groups is 2. The summed E-state index contributed by atoms with van der Waals surface area (Å²) in [6, 6.07) is 9.84. The van der Waals surface area contributed by atoms with Crippen molar-refractivity contribution in [2.45, 2.75) is 26.8 Å². The van der Waals surface area contributed by atoms with E-state index in [1.165, 1.54) is 0 Å². The van der Waals surface area contributed by atoms with Crippen molar-refractivity contribution in [3.8, 4) is 0 Å². The topological polar surface area (TPSA) is 102 Å². The number of amides is 2. The molecule has 0 aliphatic heterocycles. The summed E-state index contributed by atoms with van der Waals surface area (Å²) in [5, 5.41) is 7.08. The van der Waals surface area contributed by atoms with Crippen LogP contribution in [0.1, 0.15) is 39.0 Å². The Morgan fingerprint density at radius 1 is 1.16 bits per heavy atom. The summed E-state index contributed by atoms with van der Waals surface area (Å²) >= 11 is 0. The molecule has 0 bridgehead atoms. The zero-order chi connectivity index (χ0) is 18.1. The smallest absolute Gasteiger partial charge is 0.257 e. The fraction of sp³-hybridized carbons (Fsp3) is 0.222. The average molecular weight is 337 g/mol. The molecule has 0 saturated carbocycles. The van der Waals surface area contributed by atoms with Crippen LogP contribution >= 0.6 is 0 Å². The van der Waals surface area contributed by atoms with Crippen LogP contribution in [-0.4, -0.2) is 26.4 Å². The van der Waals surface area contributed by atoms with E-state index in [1.54, 1.807) is 35.7 Å². The van der Waals surface area contributed by atoms with Gasteiger partial charge in [-0.1, -0.05) is 30.3 Å². The molecule has 2 amide bonds. The molecule has 128 valence electrons. The minimum Gasteiger partial charge on any atom is -0.368 e. The van der Waals surface area contributed by atoms with E-state index in [0.717, 1.165) is 11.4 Å². The average Bonchev–Trinajstić information content (AvgIpc) is 2.89. The molecule has 0 unspecified atom stereocenters. The molecule has 0 aliphatic rings. The maximum absolute atomic E-state index is 12.8. The highest BCUT2D eigenvalue weighted by atomic mass is 16.2. The number of nitrogens with one attached hydrogen (secondary N) is 1. The number of aromatic nitrogens is 3. The maximum atomic E-state index is 12.8.